The first kappa shape index (κ1) is 11.9. The molecule has 0 aliphatic rings. The van der Waals surface area contributed by atoms with E-state index in [1.807, 2.05) is 18.5 Å². The fourth-order valence-corrected chi connectivity index (χ4v) is 1.69. The standard InChI is InChI=1S/C13H20N2/c1-3-5-6-13(15-4-2)11-12-7-9-14-10-8-12/h3,7-10,13,15H,1,4-6,11H2,2H3. The second-order valence-electron chi connectivity index (χ2n) is 3.68. The maximum atomic E-state index is 4.02. The van der Waals surface area contributed by atoms with Gasteiger partial charge in [-0.05, 0) is 43.5 Å². The lowest BCUT2D eigenvalue weighted by Crippen LogP contribution is -2.30. The molecule has 0 fully saturated rings. The van der Waals surface area contributed by atoms with Crippen molar-refractivity contribution in [3.05, 3.63) is 42.7 Å². The number of aromatic nitrogens is 1. The summed E-state index contributed by atoms with van der Waals surface area (Å²) in [5.41, 5.74) is 1.35. The van der Waals surface area contributed by atoms with Gasteiger partial charge in [-0.25, -0.2) is 0 Å². The summed E-state index contributed by atoms with van der Waals surface area (Å²) in [6.07, 6.45) is 8.99. The summed E-state index contributed by atoms with van der Waals surface area (Å²) in [5.74, 6) is 0. The van der Waals surface area contributed by atoms with Gasteiger partial charge in [-0.1, -0.05) is 13.0 Å². The predicted molar refractivity (Wildman–Crippen MR) is 64.8 cm³/mol. The summed E-state index contributed by atoms with van der Waals surface area (Å²) in [4.78, 5) is 4.02. The Bertz CT molecular complexity index is 269. The lowest BCUT2D eigenvalue weighted by atomic mass is 10.0. The lowest BCUT2D eigenvalue weighted by molar-refractivity contribution is 0.494. The Hall–Kier alpha value is -1.15. The molecule has 0 radical (unpaired) electrons. The highest BCUT2D eigenvalue weighted by Crippen LogP contribution is 2.06. The Morgan fingerprint density at radius 3 is 2.80 bits per heavy atom. The molecule has 1 aromatic heterocycles. The van der Waals surface area contributed by atoms with E-state index in [1.54, 1.807) is 0 Å². The normalized spacial score (nSPS) is 12.3. The summed E-state index contributed by atoms with van der Waals surface area (Å²) in [6.45, 7) is 6.93. The second-order valence-corrected chi connectivity index (χ2v) is 3.68. The van der Waals surface area contributed by atoms with Gasteiger partial charge < -0.3 is 5.32 Å². The van der Waals surface area contributed by atoms with Crippen LogP contribution in [0.15, 0.2) is 37.2 Å². The zero-order chi connectivity index (χ0) is 10.9. The van der Waals surface area contributed by atoms with Crippen molar-refractivity contribution >= 4 is 0 Å². The number of rotatable bonds is 7. The van der Waals surface area contributed by atoms with E-state index < -0.39 is 0 Å². The van der Waals surface area contributed by atoms with Crippen LogP contribution in [-0.4, -0.2) is 17.6 Å². The molecule has 1 N–H and O–H groups in total. The number of allylic oxidation sites excluding steroid dienone is 1. The van der Waals surface area contributed by atoms with Crippen LogP contribution < -0.4 is 5.32 Å². The summed E-state index contributed by atoms with van der Waals surface area (Å²) in [6, 6.07) is 4.71. The first-order valence-corrected chi connectivity index (χ1v) is 5.60. The molecule has 0 aliphatic carbocycles. The monoisotopic (exact) mass is 204 g/mol. The van der Waals surface area contributed by atoms with E-state index in [0.717, 1.165) is 25.8 Å². The molecule has 82 valence electrons. The third kappa shape index (κ3) is 4.75. The quantitative estimate of drug-likeness (QED) is 0.690. The van der Waals surface area contributed by atoms with Crippen molar-refractivity contribution in [3.63, 3.8) is 0 Å². The highest BCUT2D eigenvalue weighted by molar-refractivity contribution is 5.11. The average Bonchev–Trinajstić information content (AvgIpc) is 2.28. The number of pyridine rings is 1. The zero-order valence-corrected chi connectivity index (χ0v) is 9.45. The highest BCUT2D eigenvalue weighted by Gasteiger charge is 2.06. The Morgan fingerprint density at radius 2 is 2.20 bits per heavy atom. The molecule has 1 unspecified atom stereocenters. The van der Waals surface area contributed by atoms with Gasteiger partial charge in [0.2, 0.25) is 0 Å². The molecule has 1 rings (SSSR count). The van der Waals surface area contributed by atoms with Crippen LogP contribution in [0.3, 0.4) is 0 Å². The van der Waals surface area contributed by atoms with Crippen molar-refractivity contribution < 1.29 is 0 Å². The SMILES string of the molecule is C=CCCC(Cc1ccncc1)NCC. The minimum absolute atomic E-state index is 0.551. The molecule has 1 heterocycles. The van der Waals surface area contributed by atoms with Gasteiger partial charge in [-0.2, -0.15) is 0 Å². The summed E-state index contributed by atoms with van der Waals surface area (Å²) >= 11 is 0. The van der Waals surface area contributed by atoms with Gasteiger partial charge in [-0.3, -0.25) is 4.98 Å². The minimum Gasteiger partial charge on any atom is -0.314 e. The minimum atomic E-state index is 0.551. The van der Waals surface area contributed by atoms with Crippen molar-refractivity contribution in [1.29, 1.82) is 0 Å². The molecule has 0 aliphatic heterocycles. The molecule has 15 heavy (non-hydrogen) atoms. The van der Waals surface area contributed by atoms with Crippen LogP contribution in [0.2, 0.25) is 0 Å². The summed E-state index contributed by atoms with van der Waals surface area (Å²) in [7, 11) is 0. The van der Waals surface area contributed by atoms with Crippen LogP contribution in [0.4, 0.5) is 0 Å². The number of hydrogen-bond acceptors (Lipinski definition) is 2. The van der Waals surface area contributed by atoms with Crippen LogP contribution >= 0.6 is 0 Å². The van der Waals surface area contributed by atoms with Crippen molar-refractivity contribution in [2.24, 2.45) is 0 Å². The van der Waals surface area contributed by atoms with Crippen LogP contribution in [0.5, 0.6) is 0 Å². The molecule has 0 spiro atoms. The van der Waals surface area contributed by atoms with Gasteiger partial charge in [0.25, 0.3) is 0 Å². The van der Waals surface area contributed by atoms with Gasteiger partial charge in [0.1, 0.15) is 0 Å². The number of hydrogen-bond donors (Lipinski definition) is 1. The van der Waals surface area contributed by atoms with E-state index in [9.17, 15) is 0 Å². The van der Waals surface area contributed by atoms with Gasteiger partial charge >= 0.3 is 0 Å². The van der Waals surface area contributed by atoms with Gasteiger partial charge in [0, 0.05) is 18.4 Å². The first-order valence-electron chi connectivity index (χ1n) is 5.60. The van der Waals surface area contributed by atoms with E-state index in [0.29, 0.717) is 6.04 Å². The number of nitrogens with one attached hydrogen (secondary N) is 1. The molecule has 0 amide bonds. The molecule has 2 nitrogen and oxygen atoms in total. The van der Waals surface area contributed by atoms with E-state index in [4.69, 9.17) is 0 Å². The van der Waals surface area contributed by atoms with Crippen LogP contribution in [0.1, 0.15) is 25.3 Å². The fourth-order valence-electron chi connectivity index (χ4n) is 1.69. The van der Waals surface area contributed by atoms with Gasteiger partial charge in [-0.15, -0.1) is 6.58 Å². The van der Waals surface area contributed by atoms with E-state index in [1.165, 1.54) is 5.56 Å². The molecule has 1 aromatic rings. The number of nitrogens with zero attached hydrogens (tertiary/aromatic N) is 1. The molecule has 1 atom stereocenters. The van der Waals surface area contributed by atoms with Crippen LogP contribution in [-0.2, 0) is 6.42 Å². The Kier molecular flexibility index (Phi) is 5.71. The zero-order valence-electron chi connectivity index (χ0n) is 9.45. The van der Waals surface area contributed by atoms with E-state index in [-0.39, 0.29) is 0 Å². The Labute approximate surface area is 92.4 Å². The Balaban J connectivity index is 2.46. The highest BCUT2D eigenvalue weighted by atomic mass is 14.9. The lowest BCUT2D eigenvalue weighted by Gasteiger charge is -2.16. The molecule has 0 saturated carbocycles. The fraction of sp³-hybridized carbons (Fsp3) is 0.462. The topological polar surface area (TPSA) is 24.9 Å². The van der Waals surface area contributed by atoms with Crippen molar-refractivity contribution in [2.45, 2.75) is 32.2 Å². The third-order valence-corrected chi connectivity index (χ3v) is 2.44. The molecule has 0 saturated heterocycles. The van der Waals surface area contributed by atoms with E-state index in [2.05, 4.69) is 35.9 Å². The largest absolute Gasteiger partial charge is 0.314 e. The van der Waals surface area contributed by atoms with Gasteiger partial charge in [0.05, 0.1) is 0 Å². The molecule has 2 heteroatoms. The predicted octanol–water partition coefficient (Wildman–Crippen LogP) is 2.57. The van der Waals surface area contributed by atoms with E-state index >= 15 is 0 Å². The Morgan fingerprint density at radius 1 is 1.47 bits per heavy atom. The molecule has 0 bridgehead atoms. The van der Waals surface area contributed by atoms with Crippen molar-refractivity contribution in [1.82, 2.24) is 10.3 Å². The van der Waals surface area contributed by atoms with Crippen LogP contribution in [0, 0.1) is 0 Å². The van der Waals surface area contributed by atoms with Crippen molar-refractivity contribution in [2.75, 3.05) is 6.54 Å². The number of likely N-dealkylation sites (N-methyl/N-ethyl adjacent to an activating group) is 1. The van der Waals surface area contributed by atoms with Crippen LogP contribution in [0.25, 0.3) is 0 Å². The summed E-state index contributed by atoms with van der Waals surface area (Å²) < 4.78 is 0. The maximum absolute atomic E-state index is 4.02. The molecular formula is C13H20N2. The smallest absolute Gasteiger partial charge is 0.0270 e. The summed E-state index contributed by atoms with van der Waals surface area (Å²) in [5, 5.41) is 3.50. The molecular weight excluding hydrogens is 184 g/mol. The first-order chi connectivity index (χ1) is 7.36. The third-order valence-electron chi connectivity index (χ3n) is 2.44. The maximum Gasteiger partial charge on any atom is 0.0270 e. The molecule has 0 aromatic carbocycles. The van der Waals surface area contributed by atoms with Gasteiger partial charge in [0.15, 0.2) is 0 Å². The second kappa shape index (κ2) is 7.18. The van der Waals surface area contributed by atoms with Crippen molar-refractivity contribution in [3.8, 4) is 0 Å². The average molecular weight is 204 g/mol.